The number of hydrogen-bond acceptors (Lipinski definition) is 3. The summed E-state index contributed by atoms with van der Waals surface area (Å²) in [4.78, 5) is 15.6. The van der Waals surface area contributed by atoms with Crippen LogP contribution in [0.4, 0.5) is 5.69 Å². The van der Waals surface area contributed by atoms with Gasteiger partial charge in [0.25, 0.3) is 0 Å². The summed E-state index contributed by atoms with van der Waals surface area (Å²) in [7, 11) is 0. The van der Waals surface area contributed by atoms with Gasteiger partial charge in [-0.3, -0.25) is 4.79 Å². The molecule has 0 bridgehead atoms. The van der Waals surface area contributed by atoms with Crippen molar-refractivity contribution in [3.8, 4) is 5.75 Å². The highest BCUT2D eigenvalue weighted by atomic mass is 16.5. The van der Waals surface area contributed by atoms with Crippen molar-refractivity contribution in [2.45, 2.75) is 26.3 Å². The maximum Gasteiger partial charge on any atom is 0.224 e. The third-order valence-corrected chi connectivity index (χ3v) is 3.50. The molecule has 0 unspecified atom stereocenters. The Balaban J connectivity index is 1.62. The van der Waals surface area contributed by atoms with Crippen LogP contribution in [0.25, 0.3) is 0 Å². The molecule has 0 fully saturated rings. The average molecular weight is 271 g/mol. The number of nitrogens with zero attached hydrogens (tertiary/aromatic N) is 2. The first-order valence-corrected chi connectivity index (χ1v) is 6.76. The largest absolute Gasteiger partial charge is 0.492 e. The first-order chi connectivity index (χ1) is 9.72. The van der Waals surface area contributed by atoms with Crippen LogP contribution in [0.3, 0.4) is 0 Å². The zero-order valence-electron chi connectivity index (χ0n) is 11.4. The number of rotatable bonds is 4. The summed E-state index contributed by atoms with van der Waals surface area (Å²) in [6.07, 6.45) is 5.08. The Morgan fingerprint density at radius 3 is 3.10 bits per heavy atom. The van der Waals surface area contributed by atoms with Crippen LogP contribution < -0.4 is 10.1 Å². The minimum absolute atomic E-state index is 0.0729. The van der Waals surface area contributed by atoms with Gasteiger partial charge in [-0.05, 0) is 25.0 Å². The Bertz CT molecular complexity index is 634. The summed E-state index contributed by atoms with van der Waals surface area (Å²) >= 11 is 0. The molecular weight excluding hydrogens is 254 g/mol. The quantitative estimate of drug-likeness (QED) is 0.927. The number of fused-ring (bicyclic) bond motifs is 1. The normalized spacial score (nSPS) is 13.8. The van der Waals surface area contributed by atoms with Crippen molar-refractivity contribution in [2.75, 3.05) is 11.9 Å². The van der Waals surface area contributed by atoms with Crippen LogP contribution in [-0.4, -0.2) is 22.1 Å². The predicted octanol–water partition coefficient (Wildman–Crippen LogP) is 2.16. The van der Waals surface area contributed by atoms with Crippen LogP contribution in [-0.2, 0) is 17.8 Å². The molecule has 2 heterocycles. The van der Waals surface area contributed by atoms with E-state index in [1.807, 2.05) is 35.9 Å². The minimum Gasteiger partial charge on any atom is -0.492 e. The van der Waals surface area contributed by atoms with Gasteiger partial charge in [0, 0.05) is 30.6 Å². The molecule has 104 valence electrons. The van der Waals surface area contributed by atoms with Crippen molar-refractivity contribution in [1.29, 1.82) is 0 Å². The van der Waals surface area contributed by atoms with E-state index in [0.29, 0.717) is 13.0 Å². The van der Waals surface area contributed by atoms with Gasteiger partial charge in [0.05, 0.1) is 6.54 Å². The molecule has 5 heteroatoms. The zero-order chi connectivity index (χ0) is 13.9. The number of nitrogens with one attached hydrogen (secondary N) is 1. The van der Waals surface area contributed by atoms with Gasteiger partial charge in [-0.15, -0.1) is 0 Å². The minimum atomic E-state index is 0.0729. The van der Waals surface area contributed by atoms with Gasteiger partial charge in [0.1, 0.15) is 18.2 Å². The Morgan fingerprint density at radius 2 is 2.30 bits per heavy atom. The first-order valence-electron chi connectivity index (χ1n) is 6.76. The summed E-state index contributed by atoms with van der Waals surface area (Å²) in [5.41, 5.74) is 2.04. The summed E-state index contributed by atoms with van der Waals surface area (Å²) in [6, 6.07) is 5.87. The number of carbonyl (C=O) groups is 1. The molecule has 0 atom stereocenters. The van der Waals surface area contributed by atoms with Crippen LogP contribution in [0.5, 0.6) is 5.75 Å². The van der Waals surface area contributed by atoms with Crippen LogP contribution in [0.1, 0.15) is 17.8 Å². The van der Waals surface area contributed by atoms with Crippen LogP contribution in [0.2, 0.25) is 0 Å². The van der Waals surface area contributed by atoms with E-state index < -0.39 is 0 Å². The summed E-state index contributed by atoms with van der Waals surface area (Å²) in [6.45, 7) is 3.30. The van der Waals surface area contributed by atoms with Crippen molar-refractivity contribution in [1.82, 2.24) is 9.55 Å². The molecule has 0 spiro atoms. The molecular formula is C15H17N3O2. The van der Waals surface area contributed by atoms with Crippen molar-refractivity contribution >= 4 is 11.6 Å². The molecule has 0 radical (unpaired) electrons. The number of hydrogen-bond donors (Lipinski definition) is 1. The topological polar surface area (TPSA) is 56.1 Å². The number of aryl methyl sites for hydroxylation is 2. The van der Waals surface area contributed by atoms with Crippen molar-refractivity contribution in [3.63, 3.8) is 0 Å². The van der Waals surface area contributed by atoms with Crippen LogP contribution in [0, 0.1) is 6.92 Å². The predicted molar refractivity (Wildman–Crippen MR) is 75.9 cm³/mol. The van der Waals surface area contributed by atoms with E-state index in [1.165, 1.54) is 5.56 Å². The maximum atomic E-state index is 11.4. The van der Waals surface area contributed by atoms with E-state index in [9.17, 15) is 4.79 Å². The van der Waals surface area contributed by atoms with E-state index in [0.717, 1.165) is 30.2 Å². The lowest BCUT2D eigenvalue weighted by Gasteiger charge is -2.17. The monoisotopic (exact) mass is 271 g/mol. The molecule has 1 aliphatic rings. The fourth-order valence-corrected chi connectivity index (χ4v) is 2.34. The highest BCUT2D eigenvalue weighted by Crippen LogP contribution is 2.27. The SMILES string of the molecule is Cc1nccn1CCOc1ccc2c(c1)NC(=O)CC2. The molecule has 1 amide bonds. The average Bonchev–Trinajstić information content (AvgIpc) is 2.84. The number of amides is 1. The number of imidazole rings is 1. The molecule has 0 aliphatic carbocycles. The van der Waals surface area contributed by atoms with E-state index in [4.69, 9.17) is 4.74 Å². The molecule has 0 saturated carbocycles. The highest BCUT2D eigenvalue weighted by Gasteiger charge is 2.14. The van der Waals surface area contributed by atoms with Gasteiger partial charge in [-0.25, -0.2) is 4.98 Å². The maximum absolute atomic E-state index is 11.4. The summed E-state index contributed by atoms with van der Waals surface area (Å²) in [5.74, 6) is 1.83. The second-order valence-corrected chi connectivity index (χ2v) is 4.88. The molecule has 1 N–H and O–H groups in total. The third-order valence-electron chi connectivity index (χ3n) is 3.50. The fourth-order valence-electron chi connectivity index (χ4n) is 2.34. The number of benzene rings is 1. The van der Waals surface area contributed by atoms with E-state index >= 15 is 0 Å². The second-order valence-electron chi connectivity index (χ2n) is 4.88. The third kappa shape index (κ3) is 2.66. The van der Waals surface area contributed by atoms with Crippen molar-refractivity contribution in [3.05, 3.63) is 42.0 Å². The highest BCUT2D eigenvalue weighted by molar-refractivity contribution is 5.94. The lowest BCUT2D eigenvalue weighted by Crippen LogP contribution is -2.19. The molecule has 5 nitrogen and oxygen atoms in total. The van der Waals surface area contributed by atoms with E-state index in [2.05, 4.69) is 10.3 Å². The number of aromatic nitrogens is 2. The molecule has 3 rings (SSSR count). The van der Waals surface area contributed by atoms with Crippen molar-refractivity contribution < 1.29 is 9.53 Å². The Kier molecular flexibility index (Phi) is 3.41. The van der Waals surface area contributed by atoms with Crippen LogP contribution in [0.15, 0.2) is 30.6 Å². The van der Waals surface area contributed by atoms with Gasteiger partial charge < -0.3 is 14.6 Å². The Labute approximate surface area is 117 Å². The van der Waals surface area contributed by atoms with Gasteiger partial charge in [0.2, 0.25) is 5.91 Å². The lowest BCUT2D eigenvalue weighted by atomic mass is 10.0. The standard InChI is InChI=1S/C15H17N3O2/c1-11-16-6-7-18(11)8-9-20-13-4-2-12-3-5-15(19)17-14(12)10-13/h2,4,6-7,10H,3,5,8-9H2,1H3,(H,17,19). The lowest BCUT2D eigenvalue weighted by molar-refractivity contribution is -0.116. The van der Waals surface area contributed by atoms with Gasteiger partial charge in [-0.1, -0.05) is 6.07 Å². The number of ether oxygens (including phenoxy) is 1. The smallest absolute Gasteiger partial charge is 0.224 e. The molecule has 1 aromatic heterocycles. The summed E-state index contributed by atoms with van der Waals surface area (Å²) < 4.78 is 7.78. The Morgan fingerprint density at radius 1 is 1.40 bits per heavy atom. The molecule has 1 aliphatic heterocycles. The van der Waals surface area contributed by atoms with E-state index in [-0.39, 0.29) is 5.91 Å². The van der Waals surface area contributed by atoms with Crippen molar-refractivity contribution in [2.24, 2.45) is 0 Å². The zero-order valence-corrected chi connectivity index (χ0v) is 11.4. The summed E-state index contributed by atoms with van der Waals surface area (Å²) in [5, 5.41) is 2.88. The number of carbonyl (C=O) groups excluding carboxylic acids is 1. The first kappa shape index (κ1) is 12.7. The van der Waals surface area contributed by atoms with Gasteiger partial charge in [0.15, 0.2) is 0 Å². The molecule has 1 aromatic carbocycles. The van der Waals surface area contributed by atoms with Crippen LogP contribution >= 0.6 is 0 Å². The number of anilines is 1. The Hall–Kier alpha value is -2.30. The fraction of sp³-hybridized carbons (Fsp3) is 0.333. The molecule has 2 aromatic rings. The van der Waals surface area contributed by atoms with Gasteiger partial charge in [-0.2, -0.15) is 0 Å². The molecule has 0 saturated heterocycles. The molecule has 20 heavy (non-hydrogen) atoms. The van der Waals surface area contributed by atoms with E-state index in [1.54, 1.807) is 6.20 Å². The second kappa shape index (κ2) is 5.36. The van der Waals surface area contributed by atoms with Gasteiger partial charge >= 0.3 is 0 Å².